The molecule has 0 saturated carbocycles. The minimum atomic E-state index is -0.974. The summed E-state index contributed by atoms with van der Waals surface area (Å²) in [6.07, 6.45) is 0. The molecule has 1 rings (SSSR count). The van der Waals surface area contributed by atoms with Crippen molar-refractivity contribution in [2.45, 2.75) is 33.0 Å². The van der Waals surface area contributed by atoms with Crippen LogP contribution in [0.25, 0.3) is 5.53 Å². The molecule has 21 heavy (non-hydrogen) atoms. The standard InChI is InChI=1S/C15H18N2O4/c1-15(2,3)21-14(19)13(17-16)12(18)10-20-9-11-7-5-4-6-8-11/h4-8H,9-10H2,1-3H3. The molecule has 0 fully saturated rings. The zero-order valence-corrected chi connectivity index (χ0v) is 12.3. The molecule has 0 atom stereocenters. The average molecular weight is 290 g/mol. The molecule has 0 unspecified atom stereocenters. The number of hydrogen-bond donors (Lipinski definition) is 0. The number of ether oxygens (including phenoxy) is 2. The van der Waals surface area contributed by atoms with E-state index in [9.17, 15) is 9.59 Å². The molecule has 0 saturated heterocycles. The first-order valence-corrected chi connectivity index (χ1v) is 6.44. The fourth-order valence-electron chi connectivity index (χ4n) is 1.44. The van der Waals surface area contributed by atoms with Crippen LogP contribution in [0.1, 0.15) is 26.3 Å². The molecule has 1 aromatic carbocycles. The Morgan fingerprint density at radius 1 is 1.19 bits per heavy atom. The van der Waals surface area contributed by atoms with Gasteiger partial charge in [0.15, 0.2) is 0 Å². The molecule has 112 valence electrons. The van der Waals surface area contributed by atoms with Gasteiger partial charge >= 0.3 is 11.7 Å². The van der Waals surface area contributed by atoms with Gasteiger partial charge in [-0.05, 0) is 26.3 Å². The minimum absolute atomic E-state index is 0.222. The summed E-state index contributed by atoms with van der Waals surface area (Å²) in [6.45, 7) is 4.80. The van der Waals surface area contributed by atoms with Gasteiger partial charge in [0.1, 0.15) is 12.2 Å². The lowest BCUT2D eigenvalue weighted by molar-refractivity contribution is -0.152. The second-order valence-electron chi connectivity index (χ2n) is 5.35. The minimum Gasteiger partial charge on any atom is -0.451 e. The van der Waals surface area contributed by atoms with Crippen LogP contribution in [0.4, 0.5) is 0 Å². The predicted molar refractivity (Wildman–Crippen MR) is 75.6 cm³/mol. The topological polar surface area (TPSA) is 89.0 Å². The monoisotopic (exact) mass is 290 g/mol. The Morgan fingerprint density at radius 3 is 2.33 bits per heavy atom. The van der Waals surface area contributed by atoms with E-state index in [1.165, 1.54) is 0 Å². The Kier molecular flexibility index (Phi) is 5.96. The van der Waals surface area contributed by atoms with Crippen LogP contribution in [0, 0.1) is 0 Å². The number of Topliss-reactive ketones (excluding diaryl/α,β-unsaturated/α-hetero) is 1. The molecule has 6 nitrogen and oxygen atoms in total. The van der Waals surface area contributed by atoms with E-state index in [1.807, 2.05) is 30.3 Å². The second-order valence-corrected chi connectivity index (χ2v) is 5.35. The fraction of sp³-hybridized carbons (Fsp3) is 0.400. The van der Waals surface area contributed by atoms with Crippen LogP contribution in [-0.4, -0.2) is 34.5 Å². The van der Waals surface area contributed by atoms with E-state index in [2.05, 4.69) is 4.79 Å². The first-order chi connectivity index (χ1) is 9.83. The van der Waals surface area contributed by atoms with Crippen LogP contribution in [-0.2, 0) is 25.7 Å². The van der Waals surface area contributed by atoms with Gasteiger partial charge in [-0.3, -0.25) is 4.79 Å². The van der Waals surface area contributed by atoms with Crippen LogP contribution >= 0.6 is 0 Å². The van der Waals surface area contributed by atoms with Gasteiger partial charge in [0.25, 0.3) is 5.78 Å². The van der Waals surface area contributed by atoms with Crippen molar-refractivity contribution < 1.29 is 23.9 Å². The van der Waals surface area contributed by atoms with Gasteiger partial charge in [-0.15, -0.1) is 0 Å². The Bertz CT molecular complexity index is 555. The molecule has 0 N–H and O–H groups in total. The molecule has 0 amide bonds. The number of nitrogens with zero attached hydrogens (tertiary/aromatic N) is 2. The maximum absolute atomic E-state index is 11.8. The predicted octanol–water partition coefficient (Wildman–Crippen LogP) is 1.78. The van der Waals surface area contributed by atoms with Gasteiger partial charge in [-0.1, -0.05) is 30.3 Å². The molecule has 0 aromatic heterocycles. The number of hydrogen-bond acceptors (Lipinski definition) is 4. The van der Waals surface area contributed by atoms with E-state index in [1.54, 1.807) is 20.8 Å². The number of rotatable bonds is 6. The Balaban J connectivity index is 2.53. The first-order valence-electron chi connectivity index (χ1n) is 6.44. The molecule has 0 aliphatic rings. The summed E-state index contributed by atoms with van der Waals surface area (Å²) in [4.78, 5) is 26.2. The van der Waals surface area contributed by atoms with Gasteiger partial charge in [-0.2, -0.15) is 4.79 Å². The Morgan fingerprint density at radius 2 is 1.81 bits per heavy atom. The smallest absolute Gasteiger partial charge is 0.443 e. The second kappa shape index (κ2) is 7.47. The molecule has 0 spiro atoms. The van der Waals surface area contributed by atoms with Crippen molar-refractivity contribution in [3.8, 4) is 0 Å². The lowest BCUT2D eigenvalue weighted by Crippen LogP contribution is -2.35. The largest absolute Gasteiger partial charge is 0.451 e. The number of carbonyl (C=O) groups is 2. The summed E-state index contributed by atoms with van der Waals surface area (Å²) < 4.78 is 10.2. The normalized spacial score (nSPS) is 10.6. The van der Waals surface area contributed by atoms with Crippen LogP contribution < -0.4 is 0 Å². The summed E-state index contributed by atoms with van der Waals surface area (Å²) in [5, 5.41) is 0. The van der Waals surface area contributed by atoms with Crippen LogP contribution in [0.5, 0.6) is 0 Å². The number of ketones is 1. The molecule has 6 heteroatoms. The highest BCUT2D eigenvalue weighted by Crippen LogP contribution is 2.07. The van der Waals surface area contributed by atoms with Gasteiger partial charge in [0, 0.05) is 0 Å². The van der Waals surface area contributed by atoms with E-state index in [4.69, 9.17) is 15.0 Å². The first kappa shape index (κ1) is 16.8. The zero-order valence-electron chi connectivity index (χ0n) is 12.3. The fourth-order valence-corrected chi connectivity index (χ4v) is 1.44. The SMILES string of the molecule is CC(C)(C)OC(=O)C(=[N+]=[N-])C(=O)COCc1ccccc1. The van der Waals surface area contributed by atoms with Crippen molar-refractivity contribution in [1.29, 1.82) is 0 Å². The molecule has 0 bridgehead atoms. The molecule has 1 aromatic rings. The van der Waals surface area contributed by atoms with Gasteiger partial charge in [0.2, 0.25) is 0 Å². The number of esters is 1. The highest BCUT2D eigenvalue weighted by Gasteiger charge is 2.34. The van der Waals surface area contributed by atoms with Gasteiger partial charge < -0.3 is 15.0 Å². The van der Waals surface area contributed by atoms with E-state index >= 15 is 0 Å². The maximum atomic E-state index is 11.8. The van der Waals surface area contributed by atoms with Crippen LogP contribution in [0.3, 0.4) is 0 Å². The van der Waals surface area contributed by atoms with E-state index in [-0.39, 0.29) is 13.2 Å². The molecule has 0 aliphatic carbocycles. The highest BCUT2D eigenvalue weighted by molar-refractivity contribution is 6.62. The third kappa shape index (κ3) is 6.12. The molecule has 0 aliphatic heterocycles. The van der Waals surface area contributed by atoms with Crippen molar-refractivity contribution in [2.24, 2.45) is 0 Å². The summed E-state index contributed by atoms with van der Waals surface area (Å²) in [5.74, 6) is -1.71. The lowest BCUT2D eigenvalue weighted by Gasteiger charge is -2.17. The average Bonchev–Trinajstić information content (AvgIpc) is 2.38. The third-order valence-electron chi connectivity index (χ3n) is 2.30. The summed E-state index contributed by atoms with van der Waals surface area (Å²) >= 11 is 0. The molecular formula is C15H18N2O4. The third-order valence-corrected chi connectivity index (χ3v) is 2.30. The molecular weight excluding hydrogens is 272 g/mol. The summed E-state index contributed by atoms with van der Waals surface area (Å²) in [6, 6.07) is 9.26. The number of carbonyl (C=O) groups excluding carboxylic acids is 2. The van der Waals surface area contributed by atoms with Crippen molar-refractivity contribution >= 4 is 17.5 Å². The Labute approximate surface area is 123 Å². The summed E-state index contributed by atoms with van der Waals surface area (Å²) in [5.41, 5.74) is 8.24. The van der Waals surface area contributed by atoms with E-state index in [0.717, 1.165) is 5.56 Å². The van der Waals surface area contributed by atoms with Crippen molar-refractivity contribution in [2.75, 3.05) is 6.61 Å². The Hall–Kier alpha value is -2.30. The molecule has 0 radical (unpaired) electrons. The maximum Gasteiger partial charge on any atom is 0.443 e. The van der Waals surface area contributed by atoms with Gasteiger partial charge in [0.05, 0.1) is 6.61 Å². The zero-order chi connectivity index (χ0) is 15.9. The van der Waals surface area contributed by atoms with Crippen molar-refractivity contribution in [3.63, 3.8) is 0 Å². The molecule has 0 heterocycles. The van der Waals surface area contributed by atoms with E-state index in [0.29, 0.717) is 0 Å². The lowest BCUT2D eigenvalue weighted by atomic mass is 10.2. The summed E-state index contributed by atoms with van der Waals surface area (Å²) in [7, 11) is 0. The van der Waals surface area contributed by atoms with Crippen LogP contribution in [0.15, 0.2) is 30.3 Å². The number of benzene rings is 1. The highest BCUT2D eigenvalue weighted by atomic mass is 16.6. The van der Waals surface area contributed by atoms with Crippen LogP contribution in [0.2, 0.25) is 0 Å². The van der Waals surface area contributed by atoms with Gasteiger partial charge in [-0.25, -0.2) is 4.79 Å². The van der Waals surface area contributed by atoms with Crippen molar-refractivity contribution in [1.82, 2.24) is 0 Å². The quantitative estimate of drug-likeness (QED) is 0.262. The van der Waals surface area contributed by atoms with E-state index < -0.39 is 23.1 Å². The van der Waals surface area contributed by atoms with Crippen molar-refractivity contribution in [3.05, 3.63) is 41.4 Å².